The molecule has 0 saturated carbocycles. The van der Waals surface area contributed by atoms with E-state index in [1.54, 1.807) is 23.1 Å². The number of nitro groups is 2. The highest BCUT2D eigenvalue weighted by molar-refractivity contribution is 5.76. The number of hydrogen-bond acceptors (Lipinski definition) is 8. The summed E-state index contributed by atoms with van der Waals surface area (Å²) in [5.41, 5.74) is -0.157. The predicted octanol–water partition coefficient (Wildman–Crippen LogP) is 2.41. The highest BCUT2D eigenvalue weighted by atomic mass is 16.6. The number of amides is 1. The summed E-state index contributed by atoms with van der Waals surface area (Å²) in [4.78, 5) is 40.9. The molecule has 2 heterocycles. The molecule has 11 nitrogen and oxygen atoms in total. The lowest BCUT2D eigenvalue weighted by Crippen LogP contribution is -2.49. The highest BCUT2D eigenvalue weighted by Crippen LogP contribution is 2.26. The average molecular weight is 415 g/mol. The van der Waals surface area contributed by atoms with Gasteiger partial charge in [-0.15, -0.1) is 0 Å². The average Bonchev–Trinajstić information content (AvgIpc) is 2.77. The van der Waals surface area contributed by atoms with E-state index in [9.17, 15) is 25.0 Å². The summed E-state index contributed by atoms with van der Waals surface area (Å²) in [7, 11) is 0. The number of ether oxygens (including phenoxy) is 1. The SMILES string of the molecule is O=C(CCCOc1ccccc1[N+](=O)[O-])N1CCN(c2ccc([N+](=O)[O-])cn2)CC1. The van der Waals surface area contributed by atoms with E-state index in [1.807, 2.05) is 4.90 Å². The van der Waals surface area contributed by atoms with Crippen LogP contribution in [0.25, 0.3) is 0 Å². The van der Waals surface area contributed by atoms with Crippen LogP contribution in [-0.2, 0) is 4.79 Å². The largest absolute Gasteiger partial charge is 0.487 e. The van der Waals surface area contributed by atoms with Crippen molar-refractivity contribution in [3.05, 3.63) is 62.8 Å². The Labute approximate surface area is 172 Å². The van der Waals surface area contributed by atoms with Gasteiger partial charge in [-0.3, -0.25) is 25.0 Å². The number of carbonyl (C=O) groups excluding carboxylic acids is 1. The molecule has 0 bridgehead atoms. The zero-order valence-electron chi connectivity index (χ0n) is 16.2. The number of nitrogens with zero attached hydrogens (tertiary/aromatic N) is 5. The number of aromatic nitrogens is 1. The fraction of sp³-hybridized carbons (Fsp3) is 0.368. The molecule has 3 rings (SSSR count). The van der Waals surface area contributed by atoms with Crippen molar-refractivity contribution >= 4 is 23.1 Å². The number of hydrogen-bond donors (Lipinski definition) is 0. The van der Waals surface area contributed by atoms with Crippen molar-refractivity contribution in [3.8, 4) is 5.75 Å². The highest BCUT2D eigenvalue weighted by Gasteiger charge is 2.22. The lowest BCUT2D eigenvalue weighted by molar-refractivity contribution is -0.385. The number of piperazine rings is 1. The standard InChI is InChI=1S/C19H21N5O6/c25-19(6-3-13-30-17-5-2-1-4-16(17)24(28)29)22-11-9-21(10-12-22)18-8-7-15(14-20-18)23(26)27/h1-2,4-5,7-8,14H,3,6,9-13H2. The molecule has 0 atom stereocenters. The predicted molar refractivity (Wildman–Crippen MR) is 108 cm³/mol. The molecule has 2 aromatic rings. The summed E-state index contributed by atoms with van der Waals surface area (Å²) in [5, 5.41) is 21.7. The molecule has 1 aromatic heterocycles. The lowest BCUT2D eigenvalue weighted by atomic mass is 10.2. The minimum atomic E-state index is -0.500. The Morgan fingerprint density at radius 2 is 1.77 bits per heavy atom. The number of rotatable bonds is 8. The quantitative estimate of drug-likeness (QED) is 0.365. The van der Waals surface area contributed by atoms with Crippen LogP contribution in [-0.4, -0.2) is 58.4 Å². The number of anilines is 1. The van der Waals surface area contributed by atoms with Crippen molar-refractivity contribution < 1.29 is 19.4 Å². The van der Waals surface area contributed by atoms with Gasteiger partial charge in [0.25, 0.3) is 5.69 Å². The van der Waals surface area contributed by atoms with Gasteiger partial charge in [0.2, 0.25) is 5.91 Å². The van der Waals surface area contributed by atoms with E-state index < -0.39 is 9.85 Å². The third kappa shape index (κ3) is 5.19. The zero-order valence-corrected chi connectivity index (χ0v) is 16.2. The topological polar surface area (TPSA) is 132 Å². The minimum Gasteiger partial charge on any atom is -0.487 e. The van der Waals surface area contributed by atoms with Crippen molar-refractivity contribution in [2.24, 2.45) is 0 Å². The van der Waals surface area contributed by atoms with Crippen LogP contribution in [0.1, 0.15) is 12.8 Å². The van der Waals surface area contributed by atoms with Crippen LogP contribution in [0.3, 0.4) is 0 Å². The normalized spacial score (nSPS) is 13.7. The number of nitro benzene ring substituents is 1. The molecular weight excluding hydrogens is 394 g/mol. The fourth-order valence-electron chi connectivity index (χ4n) is 3.15. The van der Waals surface area contributed by atoms with Gasteiger partial charge < -0.3 is 14.5 Å². The number of benzene rings is 1. The van der Waals surface area contributed by atoms with Crippen molar-refractivity contribution in [2.45, 2.75) is 12.8 Å². The maximum atomic E-state index is 12.4. The van der Waals surface area contributed by atoms with Crippen molar-refractivity contribution in [2.75, 3.05) is 37.7 Å². The fourth-order valence-corrected chi connectivity index (χ4v) is 3.15. The van der Waals surface area contributed by atoms with Crippen LogP contribution in [0.4, 0.5) is 17.2 Å². The molecule has 1 fully saturated rings. The molecule has 1 saturated heterocycles. The molecule has 1 aromatic carbocycles. The van der Waals surface area contributed by atoms with Gasteiger partial charge in [0.1, 0.15) is 12.0 Å². The second-order valence-corrected chi connectivity index (χ2v) is 6.68. The van der Waals surface area contributed by atoms with Crippen LogP contribution in [0, 0.1) is 20.2 Å². The summed E-state index contributed by atoms with van der Waals surface area (Å²) in [6.07, 6.45) is 1.97. The lowest BCUT2D eigenvalue weighted by Gasteiger charge is -2.35. The van der Waals surface area contributed by atoms with E-state index in [1.165, 1.54) is 24.4 Å². The monoisotopic (exact) mass is 415 g/mol. The summed E-state index contributed by atoms with van der Waals surface area (Å²) < 4.78 is 5.46. The van der Waals surface area contributed by atoms with E-state index in [-0.39, 0.29) is 36.1 Å². The van der Waals surface area contributed by atoms with Gasteiger partial charge in [-0.05, 0) is 18.6 Å². The van der Waals surface area contributed by atoms with E-state index in [0.717, 1.165) is 0 Å². The summed E-state index contributed by atoms with van der Waals surface area (Å²) in [5.74, 6) is 0.835. The van der Waals surface area contributed by atoms with E-state index in [0.29, 0.717) is 38.4 Å². The number of para-hydroxylation sites is 2. The molecule has 158 valence electrons. The summed E-state index contributed by atoms with van der Waals surface area (Å²) >= 11 is 0. The molecule has 0 aliphatic carbocycles. The van der Waals surface area contributed by atoms with Crippen LogP contribution in [0.5, 0.6) is 5.75 Å². The van der Waals surface area contributed by atoms with Crippen molar-refractivity contribution in [1.82, 2.24) is 9.88 Å². The van der Waals surface area contributed by atoms with E-state index in [2.05, 4.69) is 4.98 Å². The molecule has 30 heavy (non-hydrogen) atoms. The molecule has 1 amide bonds. The van der Waals surface area contributed by atoms with Gasteiger partial charge >= 0.3 is 5.69 Å². The first-order valence-electron chi connectivity index (χ1n) is 9.45. The van der Waals surface area contributed by atoms with Gasteiger partial charge in [-0.1, -0.05) is 12.1 Å². The molecule has 0 unspecified atom stereocenters. The van der Waals surface area contributed by atoms with Crippen LogP contribution in [0.2, 0.25) is 0 Å². The first-order valence-corrected chi connectivity index (χ1v) is 9.45. The van der Waals surface area contributed by atoms with Crippen molar-refractivity contribution in [3.63, 3.8) is 0 Å². The zero-order chi connectivity index (χ0) is 21.5. The first kappa shape index (κ1) is 21.0. The maximum absolute atomic E-state index is 12.4. The van der Waals surface area contributed by atoms with E-state index >= 15 is 0 Å². The number of carbonyl (C=O) groups is 1. The summed E-state index contributed by atoms with van der Waals surface area (Å²) in [6.45, 7) is 2.45. The van der Waals surface area contributed by atoms with Gasteiger partial charge in [0.15, 0.2) is 5.75 Å². The molecule has 1 aliphatic heterocycles. The summed E-state index contributed by atoms with van der Waals surface area (Å²) in [6, 6.07) is 9.16. The van der Waals surface area contributed by atoms with Gasteiger partial charge in [-0.2, -0.15) is 0 Å². The molecular formula is C19H21N5O6. The molecule has 0 radical (unpaired) electrons. The number of pyridine rings is 1. The minimum absolute atomic E-state index is 0.00234. The van der Waals surface area contributed by atoms with Gasteiger partial charge in [-0.25, -0.2) is 4.98 Å². The second-order valence-electron chi connectivity index (χ2n) is 6.68. The first-order chi connectivity index (χ1) is 14.5. The molecule has 1 aliphatic rings. The Balaban J connectivity index is 1.41. The van der Waals surface area contributed by atoms with Crippen molar-refractivity contribution in [1.29, 1.82) is 0 Å². The molecule has 11 heteroatoms. The molecule has 0 N–H and O–H groups in total. The van der Waals surface area contributed by atoms with Gasteiger partial charge in [0.05, 0.1) is 16.5 Å². The Kier molecular flexibility index (Phi) is 6.73. The Morgan fingerprint density at radius 1 is 1.03 bits per heavy atom. The van der Waals surface area contributed by atoms with Crippen LogP contribution >= 0.6 is 0 Å². The van der Waals surface area contributed by atoms with Gasteiger partial charge in [0, 0.05) is 44.7 Å². The second kappa shape index (κ2) is 9.63. The Morgan fingerprint density at radius 3 is 2.40 bits per heavy atom. The van der Waals surface area contributed by atoms with E-state index in [4.69, 9.17) is 4.74 Å². The third-order valence-electron chi connectivity index (χ3n) is 4.75. The molecule has 0 spiro atoms. The smallest absolute Gasteiger partial charge is 0.310 e. The van der Waals surface area contributed by atoms with Crippen LogP contribution in [0.15, 0.2) is 42.6 Å². The van der Waals surface area contributed by atoms with Crippen LogP contribution < -0.4 is 9.64 Å². The maximum Gasteiger partial charge on any atom is 0.310 e. The Hall–Kier alpha value is -3.76. The Bertz CT molecular complexity index is 912. The third-order valence-corrected chi connectivity index (χ3v) is 4.75.